The van der Waals surface area contributed by atoms with E-state index in [-0.39, 0.29) is 0 Å². The molecule has 3 heteroatoms. The Kier molecular flexibility index (Phi) is 4.16. The van der Waals surface area contributed by atoms with E-state index < -0.39 is 0 Å². The summed E-state index contributed by atoms with van der Waals surface area (Å²) in [5.41, 5.74) is 0.475. The van der Waals surface area contributed by atoms with Crippen molar-refractivity contribution >= 4 is 0 Å². The van der Waals surface area contributed by atoms with Crippen molar-refractivity contribution in [1.29, 1.82) is 0 Å². The topological polar surface area (TPSA) is 24.5 Å². The van der Waals surface area contributed by atoms with Crippen LogP contribution in [0.5, 0.6) is 0 Å². The summed E-state index contributed by atoms with van der Waals surface area (Å²) >= 11 is 0. The Bertz CT molecular complexity index is 152. The van der Waals surface area contributed by atoms with Crippen LogP contribution in [-0.2, 0) is 4.74 Å². The van der Waals surface area contributed by atoms with E-state index in [9.17, 15) is 0 Å². The van der Waals surface area contributed by atoms with Crippen molar-refractivity contribution in [3.63, 3.8) is 0 Å². The number of ether oxygens (including phenoxy) is 1. The van der Waals surface area contributed by atoms with Gasteiger partial charge in [0.05, 0.1) is 6.61 Å². The quantitative estimate of drug-likeness (QED) is 0.679. The smallest absolute Gasteiger partial charge is 0.0589 e. The van der Waals surface area contributed by atoms with Gasteiger partial charge in [-0.05, 0) is 25.4 Å². The highest BCUT2D eigenvalue weighted by atomic mass is 16.5. The lowest BCUT2D eigenvalue weighted by molar-refractivity contribution is 0.154. The van der Waals surface area contributed by atoms with Crippen molar-refractivity contribution in [3.05, 3.63) is 0 Å². The molecule has 3 nitrogen and oxygen atoms in total. The highest BCUT2D eigenvalue weighted by Gasteiger charge is 2.32. The van der Waals surface area contributed by atoms with E-state index in [0.717, 1.165) is 19.7 Å². The van der Waals surface area contributed by atoms with Gasteiger partial charge in [-0.25, -0.2) is 0 Å². The zero-order valence-electron chi connectivity index (χ0n) is 9.10. The van der Waals surface area contributed by atoms with Gasteiger partial charge in [0.2, 0.25) is 0 Å². The second-order valence-corrected chi connectivity index (χ2v) is 4.36. The normalized spacial score (nSPS) is 29.8. The lowest BCUT2D eigenvalue weighted by atomic mass is 9.90. The van der Waals surface area contributed by atoms with Gasteiger partial charge in [0.1, 0.15) is 0 Å². The van der Waals surface area contributed by atoms with Crippen LogP contribution in [0.15, 0.2) is 0 Å². The number of hydrogen-bond acceptors (Lipinski definition) is 3. The Morgan fingerprint density at radius 1 is 1.54 bits per heavy atom. The fourth-order valence-corrected chi connectivity index (χ4v) is 2.11. The summed E-state index contributed by atoms with van der Waals surface area (Å²) in [6.07, 6.45) is 1.30. The molecule has 0 amide bonds. The lowest BCUT2D eigenvalue weighted by Gasteiger charge is -2.24. The average Bonchev–Trinajstić information content (AvgIpc) is 2.45. The van der Waals surface area contributed by atoms with Crippen LogP contribution in [0.25, 0.3) is 0 Å². The summed E-state index contributed by atoms with van der Waals surface area (Å²) in [4.78, 5) is 2.49. The van der Waals surface area contributed by atoms with E-state index in [1.807, 2.05) is 7.05 Å². The molecule has 13 heavy (non-hydrogen) atoms. The van der Waals surface area contributed by atoms with Gasteiger partial charge in [-0.2, -0.15) is 0 Å². The van der Waals surface area contributed by atoms with Crippen LogP contribution in [0.3, 0.4) is 0 Å². The molecule has 0 spiro atoms. The molecule has 1 unspecified atom stereocenters. The number of likely N-dealkylation sites (tertiary alicyclic amines) is 1. The third kappa shape index (κ3) is 3.25. The lowest BCUT2D eigenvalue weighted by Crippen LogP contribution is -2.34. The number of nitrogens with one attached hydrogen (secondary N) is 1. The molecule has 0 aromatic rings. The van der Waals surface area contributed by atoms with E-state index in [0.29, 0.717) is 5.41 Å². The van der Waals surface area contributed by atoms with Gasteiger partial charge in [-0.15, -0.1) is 0 Å². The first-order valence-electron chi connectivity index (χ1n) is 5.06. The highest BCUT2D eigenvalue weighted by molar-refractivity contribution is 4.87. The number of methoxy groups -OCH3 is 1. The molecule has 1 atom stereocenters. The molecule has 0 aromatic heterocycles. The first kappa shape index (κ1) is 11.0. The van der Waals surface area contributed by atoms with Crippen LogP contribution in [-0.4, -0.2) is 51.8 Å². The second kappa shape index (κ2) is 4.94. The highest BCUT2D eigenvalue weighted by Crippen LogP contribution is 2.28. The van der Waals surface area contributed by atoms with Gasteiger partial charge in [-0.3, -0.25) is 0 Å². The van der Waals surface area contributed by atoms with Gasteiger partial charge in [0, 0.05) is 26.7 Å². The molecule has 1 saturated heterocycles. The minimum absolute atomic E-state index is 0.475. The monoisotopic (exact) mass is 186 g/mol. The van der Waals surface area contributed by atoms with E-state index >= 15 is 0 Å². The number of nitrogens with zero attached hydrogens (tertiary/aromatic N) is 1. The summed E-state index contributed by atoms with van der Waals surface area (Å²) in [5.74, 6) is 0. The van der Waals surface area contributed by atoms with Crippen LogP contribution in [0, 0.1) is 5.41 Å². The minimum atomic E-state index is 0.475. The molecular weight excluding hydrogens is 164 g/mol. The second-order valence-electron chi connectivity index (χ2n) is 4.36. The van der Waals surface area contributed by atoms with Gasteiger partial charge >= 0.3 is 0 Å². The maximum atomic E-state index is 5.07. The first-order valence-corrected chi connectivity index (χ1v) is 5.06. The van der Waals surface area contributed by atoms with Crippen molar-refractivity contribution < 1.29 is 4.74 Å². The summed E-state index contributed by atoms with van der Waals surface area (Å²) in [7, 11) is 3.80. The van der Waals surface area contributed by atoms with Crippen molar-refractivity contribution in [2.24, 2.45) is 5.41 Å². The Morgan fingerprint density at radius 3 is 2.92 bits per heavy atom. The summed E-state index contributed by atoms with van der Waals surface area (Å²) in [6.45, 7) is 7.84. The first-order chi connectivity index (χ1) is 6.20. The van der Waals surface area contributed by atoms with Crippen molar-refractivity contribution in [2.75, 3.05) is 46.9 Å². The maximum absolute atomic E-state index is 5.07. The summed E-state index contributed by atoms with van der Waals surface area (Å²) < 4.78 is 5.07. The molecule has 1 N–H and O–H groups in total. The summed E-state index contributed by atoms with van der Waals surface area (Å²) in [5, 5.41) is 3.27. The molecule has 0 radical (unpaired) electrons. The molecule has 0 saturated carbocycles. The zero-order valence-corrected chi connectivity index (χ0v) is 9.10. The molecule has 1 aliphatic rings. The molecule has 78 valence electrons. The maximum Gasteiger partial charge on any atom is 0.0589 e. The Hall–Kier alpha value is -0.120. The fourth-order valence-electron chi connectivity index (χ4n) is 2.11. The fraction of sp³-hybridized carbons (Fsp3) is 1.00. The number of rotatable bonds is 5. The van der Waals surface area contributed by atoms with E-state index in [4.69, 9.17) is 4.74 Å². The Labute approximate surface area is 81.4 Å². The van der Waals surface area contributed by atoms with E-state index in [2.05, 4.69) is 17.1 Å². The Morgan fingerprint density at radius 2 is 2.31 bits per heavy atom. The van der Waals surface area contributed by atoms with E-state index in [1.165, 1.54) is 19.5 Å². The van der Waals surface area contributed by atoms with Gasteiger partial charge in [-0.1, -0.05) is 6.92 Å². The van der Waals surface area contributed by atoms with Crippen LogP contribution in [0.4, 0.5) is 0 Å². The third-order valence-electron chi connectivity index (χ3n) is 2.85. The molecule has 0 aliphatic carbocycles. The number of hydrogen-bond donors (Lipinski definition) is 1. The SMILES string of the molecule is CNCC1(C)CCN(CCOC)C1. The summed E-state index contributed by atoms with van der Waals surface area (Å²) in [6, 6.07) is 0. The standard InChI is InChI=1S/C10H22N2O/c1-10(8-11-2)4-5-12(9-10)6-7-13-3/h11H,4-9H2,1-3H3. The largest absolute Gasteiger partial charge is 0.383 e. The predicted octanol–water partition coefficient (Wildman–Crippen LogP) is 0.564. The molecule has 1 rings (SSSR count). The molecule has 1 fully saturated rings. The van der Waals surface area contributed by atoms with Crippen molar-refractivity contribution in [1.82, 2.24) is 10.2 Å². The van der Waals surface area contributed by atoms with Gasteiger partial charge < -0.3 is 15.0 Å². The van der Waals surface area contributed by atoms with Crippen LogP contribution < -0.4 is 5.32 Å². The van der Waals surface area contributed by atoms with Crippen molar-refractivity contribution in [2.45, 2.75) is 13.3 Å². The van der Waals surface area contributed by atoms with Crippen LogP contribution in [0.2, 0.25) is 0 Å². The molecule has 0 aromatic carbocycles. The van der Waals surface area contributed by atoms with Gasteiger partial charge in [0.15, 0.2) is 0 Å². The molecule has 0 bridgehead atoms. The van der Waals surface area contributed by atoms with Crippen molar-refractivity contribution in [3.8, 4) is 0 Å². The van der Waals surface area contributed by atoms with Crippen LogP contribution >= 0.6 is 0 Å². The molecule has 1 aliphatic heterocycles. The zero-order chi connectivity index (χ0) is 9.73. The minimum Gasteiger partial charge on any atom is -0.383 e. The average molecular weight is 186 g/mol. The third-order valence-corrected chi connectivity index (χ3v) is 2.85. The molecular formula is C10H22N2O. The molecule has 1 heterocycles. The van der Waals surface area contributed by atoms with Crippen LogP contribution in [0.1, 0.15) is 13.3 Å². The van der Waals surface area contributed by atoms with E-state index in [1.54, 1.807) is 7.11 Å². The Balaban J connectivity index is 2.26. The van der Waals surface area contributed by atoms with Gasteiger partial charge in [0.25, 0.3) is 0 Å². The predicted molar refractivity (Wildman–Crippen MR) is 55.0 cm³/mol.